The van der Waals surface area contributed by atoms with Gasteiger partial charge in [-0.2, -0.15) is 0 Å². The Morgan fingerprint density at radius 1 is 1.08 bits per heavy atom. The first kappa shape index (κ1) is 26.3. The van der Waals surface area contributed by atoms with Gasteiger partial charge in [-0.05, 0) is 53.9 Å². The van der Waals surface area contributed by atoms with E-state index < -0.39 is 30.4 Å². The average molecular weight is 535 g/mol. The number of carbonyl (C=O) groups excluding carboxylic acids is 2. The third-order valence-corrected chi connectivity index (χ3v) is 6.33. The van der Waals surface area contributed by atoms with Crippen molar-refractivity contribution in [3.8, 4) is 11.5 Å². The summed E-state index contributed by atoms with van der Waals surface area (Å²) in [5.74, 6) is -0.631. The summed E-state index contributed by atoms with van der Waals surface area (Å²) in [7, 11) is 0. The first-order valence-corrected chi connectivity index (χ1v) is 11.9. The molecule has 0 bridgehead atoms. The van der Waals surface area contributed by atoms with Crippen molar-refractivity contribution in [1.82, 2.24) is 10.3 Å². The largest absolute Gasteiger partial charge is 0.573 e. The lowest BCUT2D eigenvalue weighted by molar-refractivity contribution is -0.274. The molecule has 2 aromatic carbocycles. The number of nitrogens with one attached hydrogen (secondary N) is 1. The number of aliphatic hydroxyl groups is 1. The number of amides is 1. The number of hydrogen-bond acceptors (Lipinski definition) is 8. The molecule has 1 aliphatic heterocycles. The maximum Gasteiger partial charge on any atom is 0.573 e. The number of hydrogen-bond donors (Lipinski definition) is 2. The summed E-state index contributed by atoms with van der Waals surface area (Å²) in [6.07, 6.45) is -3.40. The van der Waals surface area contributed by atoms with E-state index >= 15 is 0 Å². The molecule has 1 fully saturated rings. The van der Waals surface area contributed by atoms with Gasteiger partial charge in [0.1, 0.15) is 24.3 Å². The maximum absolute atomic E-state index is 12.6. The molecule has 1 aromatic heterocycles. The highest BCUT2D eigenvalue weighted by Gasteiger charge is 2.32. The van der Waals surface area contributed by atoms with Gasteiger partial charge in [-0.25, -0.2) is 4.79 Å². The van der Waals surface area contributed by atoms with E-state index in [2.05, 4.69) is 15.0 Å². The standard InChI is InChI=1S/C25H21F3N2O6S/c26-25(27,28)36-19-9-5-16(6-10-19)20(35-23(32)17-2-1-11-29-13-17)14-34-18-7-3-15(4-8-18)12-21-22(31)30-24(33)37-21/h1-11,13,20-22,31H,12,14H2,(H,30,33). The van der Waals surface area contributed by atoms with Crippen molar-refractivity contribution < 1.29 is 42.1 Å². The number of aliphatic hydroxyl groups excluding tert-OH is 1. The zero-order valence-electron chi connectivity index (χ0n) is 19.1. The van der Waals surface area contributed by atoms with Crippen molar-refractivity contribution in [2.75, 3.05) is 6.61 Å². The molecule has 1 amide bonds. The Balaban J connectivity index is 1.44. The Morgan fingerprint density at radius 3 is 2.38 bits per heavy atom. The Morgan fingerprint density at radius 2 is 1.78 bits per heavy atom. The maximum atomic E-state index is 12.6. The van der Waals surface area contributed by atoms with E-state index in [-0.39, 0.29) is 22.7 Å². The lowest BCUT2D eigenvalue weighted by atomic mass is 10.1. The number of esters is 1. The number of benzene rings is 2. The molecule has 0 spiro atoms. The van der Waals surface area contributed by atoms with Gasteiger partial charge in [-0.1, -0.05) is 36.0 Å². The van der Waals surface area contributed by atoms with E-state index in [0.717, 1.165) is 29.5 Å². The fourth-order valence-corrected chi connectivity index (χ4v) is 4.43. The molecular weight excluding hydrogens is 513 g/mol. The smallest absolute Gasteiger partial charge is 0.489 e. The quantitative estimate of drug-likeness (QED) is 0.383. The molecule has 37 heavy (non-hydrogen) atoms. The summed E-state index contributed by atoms with van der Waals surface area (Å²) < 4.78 is 52.8. The minimum Gasteiger partial charge on any atom is -0.489 e. The van der Waals surface area contributed by atoms with Gasteiger partial charge in [0.15, 0.2) is 6.10 Å². The normalized spacial score (nSPS) is 18.1. The molecule has 8 nitrogen and oxygen atoms in total. The topological polar surface area (TPSA) is 107 Å². The van der Waals surface area contributed by atoms with Crippen LogP contribution in [0.1, 0.15) is 27.6 Å². The number of rotatable bonds is 9. The second-order valence-electron chi connectivity index (χ2n) is 7.94. The molecule has 1 saturated heterocycles. The average Bonchev–Trinajstić information content (AvgIpc) is 3.18. The molecule has 3 unspecified atom stereocenters. The third-order valence-electron chi connectivity index (χ3n) is 5.27. The minimum absolute atomic E-state index is 0.125. The molecule has 1 aliphatic rings. The number of thioether (sulfide) groups is 1. The minimum atomic E-state index is -4.83. The first-order valence-electron chi connectivity index (χ1n) is 11.0. The second-order valence-corrected chi connectivity index (χ2v) is 9.16. The second kappa shape index (κ2) is 11.5. The molecule has 0 aliphatic carbocycles. The molecule has 2 heterocycles. The van der Waals surface area contributed by atoms with Gasteiger partial charge in [0.25, 0.3) is 5.24 Å². The van der Waals surface area contributed by atoms with Crippen LogP contribution >= 0.6 is 11.8 Å². The molecule has 194 valence electrons. The zero-order valence-corrected chi connectivity index (χ0v) is 19.9. The summed E-state index contributed by atoms with van der Waals surface area (Å²) in [6, 6.07) is 15.0. The SMILES string of the molecule is O=C1NC(O)C(Cc2ccc(OCC(OC(=O)c3cccnc3)c3ccc(OC(F)(F)F)cc3)cc2)S1. The summed E-state index contributed by atoms with van der Waals surface area (Å²) >= 11 is 1.04. The number of halogens is 3. The number of alkyl halides is 3. The monoisotopic (exact) mass is 534 g/mol. The van der Waals surface area contributed by atoms with Crippen molar-refractivity contribution in [3.05, 3.63) is 89.7 Å². The van der Waals surface area contributed by atoms with Crippen LogP contribution in [0.25, 0.3) is 0 Å². The predicted molar refractivity (Wildman–Crippen MR) is 127 cm³/mol. The fourth-order valence-electron chi connectivity index (χ4n) is 3.49. The molecule has 0 radical (unpaired) electrons. The highest BCUT2D eigenvalue weighted by molar-refractivity contribution is 8.14. The lowest BCUT2D eigenvalue weighted by Gasteiger charge is -2.20. The van der Waals surface area contributed by atoms with Gasteiger partial charge in [0.05, 0.1) is 10.8 Å². The van der Waals surface area contributed by atoms with Crippen LogP contribution in [0.2, 0.25) is 0 Å². The van der Waals surface area contributed by atoms with E-state index in [9.17, 15) is 27.9 Å². The highest BCUT2D eigenvalue weighted by Crippen LogP contribution is 2.28. The van der Waals surface area contributed by atoms with Gasteiger partial charge in [0, 0.05) is 12.4 Å². The van der Waals surface area contributed by atoms with Crippen molar-refractivity contribution in [2.24, 2.45) is 0 Å². The van der Waals surface area contributed by atoms with Crippen LogP contribution in [0.4, 0.5) is 18.0 Å². The first-order chi connectivity index (χ1) is 17.7. The Bertz CT molecular complexity index is 1210. The molecule has 3 aromatic rings. The van der Waals surface area contributed by atoms with Crippen LogP contribution < -0.4 is 14.8 Å². The van der Waals surface area contributed by atoms with Crippen LogP contribution in [0, 0.1) is 0 Å². The van der Waals surface area contributed by atoms with E-state index in [0.29, 0.717) is 17.7 Å². The summed E-state index contributed by atoms with van der Waals surface area (Å²) in [5, 5.41) is 11.7. The predicted octanol–water partition coefficient (Wildman–Crippen LogP) is 4.64. The summed E-state index contributed by atoms with van der Waals surface area (Å²) in [6.45, 7) is -0.125. The molecule has 2 N–H and O–H groups in total. The van der Waals surface area contributed by atoms with Gasteiger partial charge in [0.2, 0.25) is 0 Å². The van der Waals surface area contributed by atoms with Crippen LogP contribution in [-0.2, 0) is 11.2 Å². The molecular formula is C25H21F3N2O6S. The molecule has 3 atom stereocenters. The van der Waals surface area contributed by atoms with E-state index in [1.54, 1.807) is 30.3 Å². The number of carbonyl (C=O) groups is 2. The van der Waals surface area contributed by atoms with Gasteiger partial charge in [-0.15, -0.1) is 13.2 Å². The third kappa shape index (κ3) is 7.61. The molecule has 0 saturated carbocycles. The van der Waals surface area contributed by atoms with Crippen LogP contribution in [-0.4, -0.2) is 45.7 Å². The Hall–Kier alpha value is -3.77. The van der Waals surface area contributed by atoms with Gasteiger partial charge >= 0.3 is 12.3 Å². The van der Waals surface area contributed by atoms with Crippen LogP contribution in [0.15, 0.2) is 73.1 Å². The number of ether oxygens (including phenoxy) is 3. The van der Waals surface area contributed by atoms with Crippen molar-refractivity contribution >= 4 is 23.0 Å². The van der Waals surface area contributed by atoms with Crippen molar-refractivity contribution in [3.63, 3.8) is 0 Å². The number of nitrogens with zero attached hydrogens (tertiary/aromatic N) is 1. The van der Waals surface area contributed by atoms with Gasteiger partial charge < -0.3 is 24.6 Å². The fraction of sp³-hybridized carbons (Fsp3) is 0.240. The zero-order chi connectivity index (χ0) is 26.4. The highest BCUT2D eigenvalue weighted by atomic mass is 32.2. The van der Waals surface area contributed by atoms with Crippen LogP contribution in [0.5, 0.6) is 11.5 Å². The summed E-state index contributed by atoms with van der Waals surface area (Å²) in [4.78, 5) is 27.9. The van der Waals surface area contributed by atoms with Crippen LogP contribution in [0.3, 0.4) is 0 Å². The van der Waals surface area contributed by atoms with Crippen molar-refractivity contribution in [2.45, 2.75) is 30.4 Å². The van der Waals surface area contributed by atoms with Crippen molar-refractivity contribution in [1.29, 1.82) is 0 Å². The number of pyridine rings is 1. The summed E-state index contributed by atoms with van der Waals surface area (Å²) in [5.41, 5.74) is 1.47. The van der Waals surface area contributed by atoms with E-state index in [1.165, 1.54) is 30.6 Å². The molecule has 4 rings (SSSR count). The van der Waals surface area contributed by atoms with Gasteiger partial charge in [-0.3, -0.25) is 9.78 Å². The number of aromatic nitrogens is 1. The Kier molecular flexibility index (Phi) is 8.19. The van der Waals surface area contributed by atoms with E-state index in [1.807, 2.05) is 0 Å². The van der Waals surface area contributed by atoms with E-state index in [4.69, 9.17) is 9.47 Å². The lowest BCUT2D eigenvalue weighted by Crippen LogP contribution is -2.31. The Labute approximate surface area is 213 Å². The molecule has 12 heteroatoms.